The maximum absolute atomic E-state index is 10.1. The highest BCUT2D eigenvalue weighted by Gasteiger charge is 2.39. The van der Waals surface area contributed by atoms with Crippen molar-refractivity contribution in [2.75, 3.05) is 6.61 Å². The predicted molar refractivity (Wildman–Crippen MR) is 35.4 cm³/mol. The summed E-state index contributed by atoms with van der Waals surface area (Å²) in [6.07, 6.45) is -3.08. The van der Waals surface area contributed by atoms with Crippen LogP contribution >= 0.6 is 8.46 Å². The smallest absolute Gasteiger partial charge is 0.190 e. The van der Waals surface area contributed by atoms with Crippen LogP contribution in [0.5, 0.6) is 0 Å². The van der Waals surface area contributed by atoms with E-state index in [1.807, 2.05) is 0 Å². The lowest BCUT2D eigenvalue weighted by atomic mass is 10.2. The minimum atomic E-state index is -1.26. The second-order valence-corrected chi connectivity index (χ2v) is 3.11. The molecule has 64 valence electrons. The third-order valence-corrected chi connectivity index (χ3v) is 2.10. The number of rotatable bonds is 2. The second-order valence-electron chi connectivity index (χ2n) is 2.37. The monoisotopic (exact) mass is 180 g/mol. The first-order valence-corrected chi connectivity index (χ1v) is 4.03. The first-order chi connectivity index (χ1) is 5.16. The van der Waals surface area contributed by atoms with Gasteiger partial charge in [0.1, 0.15) is 18.3 Å². The van der Waals surface area contributed by atoms with E-state index in [4.69, 9.17) is 20.1 Å². The molecule has 4 atom stereocenters. The molecule has 0 spiro atoms. The average molecular weight is 180 g/mol. The highest BCUT2D eigenvalue weighted by atomic mass is 31.1. The predicted octanol–water partition coefficient (Wildman–Crippen LogP) is -1.28. The SMILES string of the molecule is O=PC(O)[C@H]1OC[C@H](O)[C@@H]1O. The van der Waals surface area contributed by atoms with Gasteiger partial charge in [-0.05, 0) is 0 Å². The summed E-state index contributed by atoms with van der Waals surface area (Å²) in [6.45, 7) is -0.0294. The first kappa shape index (κ1) is 9.03. The van der Waals surface area contributed by atoms with Crippen molar-refractivity contribution in [2.24, 2.45) is 0 Å². The Labute approximate surface area is 64.8 Å². The van der Waals surface area contributed by atoms with Crippen molar-refractivity contribution in [1.29, 1.82) is 0 Å². The topological polar surface area (TPSA) is 87.0 Å². The molecule has 0 bridgehead atoms. The van der Waals surface area contributed by atoms with Crippen LogP contribution < -0.4 is 0 Å². The molecule has 1 unspecified atom stereocenters. The van der Waals surface area contributed by atoms with Crippen LogP contribution in [-0.4, -0.2) is 46.1 Å². The first-order valence-electron chi connectivity index (χ1n) is 3.15. The van der Waals surface area contributed by atoms with E-state index in [-0.39, 0.29) is 6.61 Å². The van der Waals surface area contributed by atoms with Crippen LogP contribution in [0, 0.1) is 0 Å². The fourth-order valence-corrected chi connectivity index (χ4v) is 1.33. The van der Waals surface area contributed by atoms with Gasteiger partial charge in [-0.15, -0.1) is 0 Å². The molecule has 3 N–H and O–H groups in total. The molecule has 11 heavy (non-hydrogen) atoms. The van der Waals surface area contributed by atoms with E-state index in [9.17, 15) is 4.57 Å². The van der Waals surface area contributed by atoms with E-state index in [1.165, 1.54) is 0 Å². The maximum atomic E-state index is 10.1. The van der Waals surface area contributed by atoms with E-state index >= 15 is 0 Å². The lowest BCUT2D eigenvalue weighted by molar-refractivity contribution is -0.0198. The fourth-order valence-electron chi connectivity index (χ4n) is 0.948. The Morgan fingerprint density at radius 3 is 2.55 bits per heavy atom. The van der Waals surface area contributed by atoms with Gasteiger partial charge in [-0.3, -0.25) is 4.57 Å². The van der Waals surface area contributed by atoms with Crippen LogP contribution in [0.1, 0.15) is 0 Å². The van der Waals surface area contributed by atoms with Crippen molar-refractivity contribution in [3.05, 3.63) is 0 Å². The fraction of sp³-hybridized carbons (Fsp3) is 1.00. The van der Waals surface area contributed by atoms with Crippen molar-refractivity contribution in [2.45, 2.75) is 24.2 Å². The Morgan fingerprint density at radius 1 is 1.55 bits per heavy atom. The summed E-state index contributed by atoms with van der Waals surface area (Å²) in [5.74, 6) is -1.26. The van der Waals surface area contributed by atoms with Gasteiger partial charge in [0, 0.05) is 0 Å². The third-order valence-electron chi connectivity index (χ3n) is 1.59. The highest BCUT2D eigenvalue weighted by molar-refractivity contribution is 7.24. The van der Waals surface area contributed by atoms with Crippen LogP contribution in [0.25, 0.3) is 0 Å². The molecule has 1 rings (SSSR count). The summed E-state index contributed by atoms with van der Waals surface area (Å²) < 4.78 is 14.9. The van der Waals surface area contributed by atoms with Gasteiger partial charge in [-0.2, -0.15) is 0 Å². The molecular weight excluding hydrogens is 171 g/mol. The molecule has 0 radical (unpaired) electrons. The quantitative estimate of drug-likeness (QED) is 0.460. The van der Waals surface area contributed by atoms with Gasteiger partial charge in [0.25, 0.3) is 0 Å². The number of hydrogen-bond donors (Lipinski definition) is 3. The minimum Gasteiger partial charge on any atom is -0.388 e. The molecule has 6 heteroatoms. The van der Waals surface area contributed by atoms with Gasteiger partial charge in [-0.1, -0.05) is 0 Å². The summed E-state index contributed by atoms with van der Waals surface area (Å²) in [4.78, 5) is 0. The summed E-state index contributed by atoms with van der Waals surface area (Å²) in [5.41, 5.74) is 0. The molecule has 5 nitrogen and oxygen atoms in total. The summed E-state index contributed by atoms with van der Waals surface area (Å²) >= 11 is 0. The third kappa shape index (κ3) is 1.75. The summed E-state index contributed by atoms with van der Waals surface area (Å²) in [7, 11) is -0.506. The van der Waals surface area contributed by atoms with Gasteiger partial charge in [0.15, 0.2) is 14.3 Å². The molecule has 0 aromatic rings. The summed E-state index contributed by atoms with van der Waals surface area (Å²) in [6, 6.07) is 0. The zero-order chi connectivity index (χ0) is 8.43. The Balaban J connectivity index is 2.54. The molecule has 0 saturated carbocycles. The Bertz CT molecular complexity index is 152. The van der Waals surface area contributed by atoms with Crippen molar-refractivity contribution in [3.63, 3.8) is 0 Å². The van der Waals surface area contributed by atoms with Gasteiger partial charge in [0.2, 0.25) is 0 Å². The highest BCUT2D eigenvalue weighted by Crippen LogP contribution is 2.22. The second kappa shape index (κ2) is 3.56. The van der Waals surface area contributed by atoms with E-state index in [0.29, 0.717) is 0 Å². The lowest BCUT2D eigenvalue weighted by Gasteiger charge is -2.15. The van der Waals surface area contributed by atoms with Gasteiger partial charge in [0.05, 0.1) is 6.61 Å². The van der Waals surface area contributed by atoms with Crippen LogP contribution in [0.2, 0.25) is 0 Å². The van der Waals surface area contributed by atoms with E-state index < -0.39 is 32.6 Å². The van der Waals surface area contributed by atoms with Crippen molar-refractivity contribution in [1.82, 2.24) is 0 Å². The molecule has 1 aliphatic heterocycles. The van der Waals surface area contributed by atoms with Crippen LogP contribution in [0.3, 0.4) is 0 Å². The molecule has 1 heterocycles. The van der Waals surface area contributed by atoms with Crippen molar-refractivity contribution < 1.29 is 24.6 Å². The number of ether oxygens (including phenoxy) is 1. The molecule has 0 aromatic carbocycles. The van der Waals surface area contributed by atoms with Crippen LogP contribution in [0.4, 0.5) is 0 Å². The molecule has 0 amide bonds. The van der Waals surface area contributed by atoms with E-state index in [2.05, 4.69) is 0 Å². The maximum Gasteiger partial charge on any atom is 0.190 e. The standard InChI is InChI=1S/C5H9O5P/c6-2-1-10-4(3(2)7)5(8)11-9/h2-8H,1H2/t2-,3-,4-,5?/m0/s1. The minimum absolute atomic E-state index is 0.0294. The van der Waals surface area contributed by atoms with Crippen LogP contribution in [0.15, 0.2) is 0 Å². The summed E-state index contributed by atoms with van der Waals surface area (Å²) in [5, 5.41) is 26.9. The van der Waals surface area contributed by atoms with E-state index in [0.717, 1.165) is 0 Å². The van der Waals surface area contributed by atoms with E-state index in [1.54, 1.807) is 0 Å². The van der Waals surface area contributed by atoms with Gasteiger partial charge >= 0.3 is 0 Å². The Kier molecular flexibility index (Phi) is 2.92. The van der Waals surface area contributed by atoms with Gasteiger partial charge < -0.3 is 20.1 Å². The van der Waals surface area contributed by atoms with Crippen molar-refractivity contribution in [3.8, 4) is 0 Å². The number of hydrogen-bond acceptors (Lipinski definition) is 5. The molecular formula is C5H9O5P. The number of aliphatic hydroxyl groups is 3. The van der Waals surface area contributed by atoms with Crippen molar-refractivity contribution >= 4 is 8.46 Å². The molecule has 1 aliphatic rings. The largest absolute Gasteiger partial charge is 0.388 e. The number of aliphatic hydroxyl groups excluding tert-OH is 3. The molecule has 1 saturated heterocycles. The average Bonchev–Trinajstić information content (AvgIpc) is 2.32. The molecule has 0 aliphatic carbocycles. The normalized spacial score (nSPS) is 41.2. The Morgan fingerprint density at radius 2 is 2.18 bits per heavy atom. The molecule has 1 fully saturated rings. The van der Waals surface area contributed by atoms with Crippen LogP contribution in [-0.2, 0) is 9.30 Å². The Hall–Kier alpha value is -0.0600. The van der Waals surface area contributed by atoms with Gasteiger partial charge in [-0.25, -0.2) is 0 Å². The zero-order valence-corrected chi connectivity index (χ0v) is 6.52. The zero-order valence-electron chi connectivity index (χ0n) is 5.62. The lowest BCUT2D eigenvalue weighted by Crippen LogP contribution is -2.35. The molecule has 0 aromatic heterocycles.